The molecule has 3 rings (SSSR count). The number of furan rings is 1. The molecule has 2 heterocycles. The highest BCUT2D eigenvalue weighted by molar-refractivity contribution is 5.92. The van der Waals surface area contributed by atoms with Crippen molar-refractivity contribution >= 4 is 12.3 Å². The lowest BCUT2D eigenvalue weighted by Crippen LogP contribution is -2.48. The van der Waals surface area contributed by atoms with Crippen LogP contribution in [0.2, 0.25) is 0 Å². The zero-order valence-corrected chi connectivity index (χ0v) is 11.9. The summed E-state index contributed by atoms with van der Waals surface area (Å²) in [5, 5.41) is 0. The Morgan fingerprint density at radius 3 is 2.50 bits per heavy atom. The smallest absolute Gasteiger partial charge is 0.289 e. The highest BCUT2D eigenvalue weighted by Crippen LogP contribution is 2.25. The second kappa shape index (κ2) is 6.01. The van der Waals surface area contributed by atoms with Gasteiger partial charge in [0.2, 0.25) is 6.41 Å². The summed E-state index contributed by atoms with van der Waals surface area (Å²) in [7, 11) is 0. The lowest BCUT2D eigenvalue weighted by Gasteiger charge is -2.31. The van der Waals surface area contributed by atoms with Crippen molar-refractivity contribution in [2.45, 2.75) is 0 Å². The highest BCUT2D eigenvalue weighted by Gasteiger charge is 2.24. The fourth-order valence-corrected chi connectivity index (χ4v) is 2.44. The Hall–Kier alpha value is -2.63. The van der Waals surface area contributed by atoms with Crippen molar-refractivity contribution in [3.05, 3.63) is 48.0 Å². The molecule has 0 spiro atoms. The van der Waals surface area contributed by atoms with E-state index in [-0.39, 0.29) is 11.7 Å². The quantitative estimate of drug-likeness (QED) is 0.815. The number of carbonyl (C=O) groups is 2. The number of nitrogens with zero attached hydrogens (tertiary/aromatic N) is 2. The van der Waals surface area contributed by atoms with Gasteiger partial charge in [-0.2, -0.15) is 0 Å². The first-order valence-corrected chi connectivity index (χ1v) is 7.02. The molecule has 2 amide bonds. The summed E-state index contributed by atoms with van der Waals surface area (Å²) < 4.78 is 19.2. The van der Waals surface area contributed by atoms with Gasteiger partial charge in [-0.3, -0.25) is 9.59 Å². The molecule has 2 aromatic rings. The molecule has 22 heavy (non-hydrogen) atoms. The minimum atomic E-state index is -0.393. The van der Waals surface area contributed by atoms with Gasteiger partial charge in [0.1, 0.15) is 11.6 Å². The van der Waals surface area contributed by atoms with E-state index in [1.807, 2.05) is 0 Å². The number of hydrogen-bond acceptors (Lipinski definition) is 3. The number of amides is 2. The van der Waals surface area contributed by atoms with Gasteiger partial charge >= 0.3 is 0 Å². The van der Waals surface area contributed by atoms with E-state index in [1.54, 1.807) is 40.1 Å². The van der Waals surface area contributed by atoms with E-state index in [2.05, 4.69) is 0 Å². The Morgan fingerprint density at radius 2 is 1.82 bits per heavy atom. The lowest BCUT2D eigenvalue weighted by atomic mass is 10.1. The summed E-state index contributed by atoms with van der Waals surface area (Å²) in [5.41, 5.74) is 0.326. The molecular weight excluding hydrogens is 287 g/mol. The van der Waals surface area contributed by atoms with Crippen molar-refractivity contribution in [3.8, 4) is 11.3 Å². The van der Waals surface area contributed by atoms with Gasteiger partial charge in [0, 0.05) is 26.2 Å². The minimum Gasteiger partial charge on any atom is -0.451 e. The molecule has 0 saturated carbocycles. The van der Waals surface area contributed by atoms with Crippen LogP contribution in [-0.2, 0) is 4.79 Å². The number of rotatable bonds is 3. The van der Waals surface area contributed by atoms with E-state index in [9.17, 15) is 14.0 Å². The first kappa shape index (κ1) is 14.3. The Balaban J connectivity index is 1.75. The van der Waals surface area contributed by atoms with Gasteiger partial charge in [-0.1, -0.05) is 12.1 Å². The molecule has 0 N–H and O–H groups in total. The van der Waals surface area contributed by atoms with Crippen LogP contribution in [0.4, 0.5) is 4.39 Å². The standard InChI is InChI=1S/C16H15FN2O3/c17-13-4-2-1-3-12(13)14-5-6-15(22-14)16(21)19-9-7-18(11-20)8-10-19/h1-6,11H,7-10H2. The lowest BCUT2D eigenvalue weighted by molar-refractivity contribution is -0.119. The van der Waals surface area contributed by atoms with Crippen molar-refractivity contribution < 1.29 is 18.4 Å². The molecule has 0 bridgehead atoms. The fraction of sp³-hybridized carbons (Fsp3) is 0.250. The summed E-state index contributed by atoms with van der Waals surface area (Å²) in [4.78, 5) is 26.3. The van der Waals surface area contributed by atoms with Crippen LogP contribution in [0.15, 0.2) is 40.8 Å². The van der Waals surface area contributed by atoms with Gasteiger partial charge in [-0.15, -0.1) is 0 Å². The molecule has 6 heteroatoms. The molecule has 1 aromatic heterocycles. The van der Waals surface area contributed by atoms with E-state index >= 15 is 0 Å². The van der Waals surface area contributed by atoms with Crippen LogP contribution < -0.4 is 0 Å². The third kappa shape index (κ3) is 2.72. The van der Waals surface area contributed by atoms with E-state index in [0.29, 0.717) is 37.5 Å². The van der Waals surface area contributed by atoms with E-state index in [1.165, 1.54) is 6.07 Å². The maximum absolute atomic E-state index is 13.7. The van der Waals surface area contributed by atoms with Gasteiger partial charge in [-0.05, 0) is 24.3 Å². The molecule has 5 nitrogen and oxygen atoms in total. The first-order chi connectivity index (χ1) is 10.7. The van der Waals surface area contributed by atoms with Crippen LogP contribution in [0.5, 0.6) is 0 Å². The van der Waals surface area contributed by atoms with Crippen molar-refractivity contribution in [1.29, 1.82) is 0 Å². The van der Waals surface area contributed by atoms with Gasteiger partial charge in [-0.25, -0.2) is 4.39 Å². The highest BCUT2D eigenvalue weighted by atomic mass is 19.1. The zero-order chi connectivity index (χ0) is 15.5. The molecule has 1 aromatic carbocycles. The number of benzene rings is 1. The summed E-state index contributed by atoms with van der Waals surface area (Å²) in [6, 6.07) is 9.40. The Labute approximate surface area is 126 Å². The van der Waals surface area contributed by atoms with Crippen LogP contribution in [0.3, 0.4) is 0 Å². The summed E-state index contributed by atoms with van der Waals surface area (Å²) in [6.45, 7) is 1.95. The maximum Gasteiger partial charge on any atom is 0.289 e. The van der Waals surface area contributed by atoms with E-state index in [0.717, 1.165) is 6.41 Å². The van der Waals surface area contributed by atoms with Gasteiger partial charge in [0.25, 0.3) is 5.91 Å². The molecule has 0 aliphatic carbocycles. The molecule has 1 aliphatic rings. The predicted octanol–water partition coefficient (Wildman–Crippen LogP) is 2.00. The summed E-state index contributed by atoms with van der Waals surface area (Å²) in [6.07, 6.45) is 0.783. The fourth-order valence-electron chi connectivity index (χ4n) is 2.44. The van der Waals surface area contributed by atoms with Crippen LogP contribution >= 0.6 is 0 Å². The second-order valence-corrected chi connectivity index (χ2v) is 5.08. The van der Waals surface area contributed by atoms with Crippen molar-refractivity contribution in [1.82, 2.24) is 9.80 Å². The number of piperazine rings is 1. The van der Waals surface area contributed by atoms with Crippen LogP contribution in [-0.4, -0.2) is 48.3 Å². The van der Waals surface area contributed by atoms with Crippen LogP contribution in [0.25, 0.3) is 11.3 Å². The normalized spacial score (nSPS) is 15.0. The average molecular weight is 302 g/mol. The summed E-state index contributed by atoms with van der Waals surface area (Å²) >= 11 is 0. The van der Waals surface area contributed by atoms with Crippen molar-refractivity contribution in [2.75, 3.05) is 26.2 Å². The third-order valence-corrected chi connectivity index (χ3v) is 3.71. The average Bonchev–Trinajstić information content (AvgIpc) is 3.04. The predicted molar refractivity (Wildman–Crippen MR) is 77.6 cm³/mol. The van der Waals surface area contributed by atoms with E-state index in [4.69, 9.17) is 4.42 Å². The van der Waals surface area contributed by atoms with Crippen molar-refractivity contribution in [2.24, 2.45) is 0 Å². The Morgan fingerprint density at radius 1 is 1.09 bits per heavy atom. The molecule has 0 radical (unpaired) electrons. The Kier molecular flexibility index (Phi) is 3.91. The minimum absolute atomic E-state index is 0.179. The number of halogens is 1. The molecule has 1 saturated heterocycles. The second-order valence-electron chi connectivity index (χ2n) is 5.08. The third-order valence-electron chi connectivity index (χ3n) is 3.71. The molecule has 0 unspecified atom stereocenters. The zero-order valence-electron chi connectivity index (χ0n) is 11.9. The largest absolute Gasteiger partial charge is 0.451 e. The Bertz CT molecular complexity index is 690. The van der Waals surface area contributed by atoms with Gasteiger partial charge in [0.05, 0.1) is 5.56 Å². The van der Waals surface area contributed by atoms with Crippen LogP contribution in [0, 0.1) is 5.82 Å². The monoisotopic (exact) mass is 302 g/mol. The first-order valence-electron chi connectivity index (χ1n) is 7.02. The van der Waals surface area contributed by atoms with Crippen LogP contribution in [0.1, 0.15) is 10.6 Å². The topological polar surface area (TPSA) is 53.8 Å². The van der Waals surface area contributed by atoms with Crippen molar-refractivity contribution in [3.63, 3.8) is 0 Å². The summed E-state index contributed by atoms with van der Waals surface area (Å²) in [5.74, 6) is -0.130. The number of hydrogen-bond donors (Lipinski definition) is 0. The number of carbonyl (C=O) groups excluding carboxylic acids is 2. The molecule has 114 valence electrons. The van der Waals surface area contributed by atoms with Gasteiger partial charge in [0.15, 0.2) is 5.76 Å². The molecule has 1 fully saturated rings. The molecule has 0 atom stereocenters. The molecule has 1 aliphatic heterocycles. The van der Waals surface area contributed by atoms with Gasteiger partial charge < -0.3 is 14.2 Å². The molecular formula is C16H15FN2O3. The van der Waals surface area contributed by atoms with E-state index < -0.39 is 5.82 Å². The maximum atomic E-state index is 13.7. The SMILES string of the molecule is O=CN1CCN(C(=O)c2ccc(-c3ccccc3F)o2)CC1.